The van der Waals surface area contributed by atoms with E-state index in [-0.39, 0.29) is 0 Å². The minimum atomic E-state index is -4.57. The maximum absolute atomic E-state index is 12.2. The number of hydrogen-bond donors (Lipinski definition) is 1. The Morgan fingerprint density at radius 3 is 2.65 bits per heavy atom. The second kappa shape index (κ2) is 4.68. The van der Waals surface area contributed by atoms with Gasteiger partial charge in [-0.1, -0.05) is 12.8 Å². The Balaban J connectivity index is 1.98. The molecule has 1 saturated carbocycles. The number of aliphatic hydroxyl groups is 1. The molecule has 0 amide bonds. The van der Waals surface area contributed by atoms with Gasteiger partial charge in [0.15, 0.2) is 6.10 Å². The van der Waals surface area contributed by atoms with Gasteiger partial charge < -0.3 is 5.11 Å². The molecule has 6 heteroatoms. The third-order valence-electron chi connectivity index (χ3n) is 3.14. The van der Waals surface area contributed by atoms with Gasteiger partial charge in [0.2, 0.25) is 0 Å². The highest BCUT2D eigenvalue weighted by Gasteiger charge is 2.38. The topological polar surface area (TPSA) is 38.0 Å². The van der Waals surface area contributed by atoms with Crippen molar-refractivity contribution in [3.05, 3.63) is 18.0 Å². The lowest BCUT2D eigenvalue weighted by Gasteiger charge is -2.13. The van der Waals surface area contributed by atoms with E-state index in [0.29, 0.717) is 11.7 Å². The fourth-order valence-electron chi connectivity index (χ4n) is 2.17. The summed E-state index contributed by atoms with van der Waals surface area (Å²) in [4.78, 5) is 0. The number of rotatable bonds is 3. The van der Waals surface area contributed by atoms with Crippen LogP contribution in [0.15, 0.2) is 12.3 Å². The fraction of sp³-hybridized carbons (Fsp3) is 0.727. The Kier molecular flexibility index (Phi) is 3.42. The lowest BCUT2D eigenvalue weighted by Crippen LogP contribution is -2.30. The average Bonchev–Trinajstić information content (AvgIpc) is 2.83. The first-order valence-corrected chi connectivity index (χ1v) is 5.75. The summed E-state index contributed by atoms with van der Waals surface area (Å²) in [5.74, 6) is 0. The Morgan fingerprint density at radius 1 is 1.41 bits per heavy atom. The summed E-state index contributed by atoms with van der Waals surface area (Å²) in [6, 6.07) is 1.86. The normalized spacial score (nSPS) is 19.8. The van der Waals surface area contributed by atoms with E-state index in [1.54, 1.807) is 16.9 Å². The lowest BCUT2D eigenvalue weighted by atomic mass is 10.2. The molecule has 0 saturated heterocycles. The van der Waals surface area contributed by atoms with E-state index in [9.17, 15) is 13.2 Å². The Labute approximate surface area is 97.2 Å². The largest absolute Gasteiger partial charge is 0.414 e. The van der Waals surface area contributed by atoms with Gasteiger partial charge in [-0.2, -0.15) is 18.3 Å². The molecule has 0 aliphatic heterocycles. The van der Waals surface area contributed by atoms with Gasteiger partial charge in [0.05, 0.1) is 11.7 Å². The van der Waals surface area contributed by atoms with Gasteiger partial charge in [-0.3, -0.25) is 4.68 Å². The molecule has 1 aliphatic rings. The summed E-state index contributed by atoms with van der Waals surface area (Å²) >= 11 is 0. The molecule has 0 unspecified atom stereocenters. The number of aliphatic hydroxyl groups excluding tert-OH is 1. The quantitative estimate of drug-likeness (QED) is 0.892. The molecule has 2 rings (SSSR count). The van der Waals surface area contributed by atoms with Crippen molar-refractivity contribution in [3.8, 4) is 0 Å². The van der Waals surface area contributed by atoms with Crippen LogP contribution in [0.4, 0.5) is 13.2 Å². The van der Waals surface area contributed by atoms with Crippen LogP contribution >= 0.6 is 0 Å². The van der Waals surface area contributed by atoms with E-state index in [4.69, 9.17) is 5.11 Å². The van der Waals surface area contributed by atoms with E-state index in [0.717, 1.165) is 25.7 Å². The Morgan fingerprint density at radius 2 is 2.06 bits per heavy atom. The molecule has 1 N–H and O–H groups in total. The smallest absolute Gasteiger partial charge is 0.383 e. The molecule has 0 bridgehead atoms. The summed E-state index contributed by atoms with van der Waals surface area (Å²) in [6.07, 6.45) is -1.31. The minimum absolute atomic E-state index is 0.293. The third kappa shape index (κ3) is 3.00. The molecule has 1 fully saturated rings. The van der Waals surface area contributed by atoms with Gasteiger partial charge in [0.1, 0.15) is 0 Å². The van der Waals surface area contributed by atoms with Crippen LogP contribution in [-0.2, 0) is 6.42 Å². The van der Waals surface area contributed by atoms with Gasteiger partial charge in [-0.05, 0) is 18.9 Å². The molecule has 1 atom stereocenters. The zero-order chi connectivity index (χ0) is 12.5. The Hall–Kier alpha value is -1.04. The fourth-order valence-corrected chi connectivity index (χ4v) is 2.17. The van der Waals surface area contributed by atoms with Crippen LogP contribution in [-0.4, -0.2) is 27.2 Å². The summed E-state index contributed by atoms with van der Waals surface area (Å²) in [6.45, 7) is 0. The SMILES string of the molecule is O[C@@H](Cc1ccn(C2CCCC2)n1)C(F)(F)F. The van der Waals surface area contributed by atoms with Gasteiger partial charge in [0.25, 0.3) is 0 Å². The summed E-state index contributed by atoms with van der Waals surface area (Å²) in [5.41, 5.74) is 0.293. The van der Waals surface area contributed by atoms with Crippen molar-refractivity contribution in [2.75, 3.05) is 0 Å². The zero-order valence-corrected chi connectivity index (χ0v) is 9.32. The highest BCUT2D eigenvalue weighted by atomic mass is 19.4. The summed E-state index contributed by atoms with van der Waals surface area (Å²) in [7, 11) is 0. The Bertz CT molecular complexity index is 369. The van der Waals surface area contributed by atoms with Crippen molar-refractivity contribution in [3.63, 3.8) is 0 Å². The molecule has 1 heterocycles. The van der Waals surface area contributed by atoms with E-state index >= 15 is 0 Å². The molecule has 0 aromatic carbocycles. The van der Waals surface area contributed by atoms with Crippen LogP contribution in [0.2, 0.25) is 0 Å². The molecular weight excluding hydrogens is 233 g/mol. The summed E-state index contributed by atoms with van der Waals surface area (Å²) in [5, 5.41) is 13.0. The number of alkyl halides is 3. The standard InChI is InChI=1S/C11H15F3N2O/c12-11(13,14)10(17)7-8-5-6-16(15-8)9-3-1-2-4-9/h5-6,9-10,17H,1-4,7H2/t10-/m0/s1. The van der Waals surface area contributed by atoms with Crippen LogP contribution < -0.4 is 0 Å². The number of aromatic nitrogens is 2. The molecule has 1 aromatic rings. The number of nitrogens with zero attached hydrogens (tertiary/aromatic N) is 2. The lowest BCUT2D eigenvalue weighted by molar-refractivity contribution is -0.203. The van der Waals surface area contributed by atoms with Gasteiger partial charge in [-0.15, -0.1) is 0 Å². The van der Waals surface area contributed by atoms with Gasteiger partial charge in [0, 0.05) is 12.6 Å². The van der Waals surface area contributed by atoms with Crippen LogP contribution in [0.1, 0.15) is 37.4 Å². The van der Waals surface area contributed by atoms with E-state index < -0.39 is 18.7 Å². The first kappa shape index (κ1) is 12.4. The highest BCUT2D eigenvalue weighted by Crippen LogP contribution is 2.29. The molecular formula is C11H15F3N2O. The minimum Gasteiger partial charge on any atom is -0.383 e. The van der Waals surface area contributed by atoms with Crippen LogP contribution in [0.3, 0.4) is 0 Å². The maximum atomic E-state index is 12.2. The van der Waals surface area contributed by atoms with Gasteiger partial charge >= 0.3 is 6.18 Å². The van der Waals surface area contributed by atoms with Crippen molar-refractivity contribution in [1.82, 2.24) is 9.78 Å². The molecule has 0 spiro atoms. The van der Waals surface area contributed by atoms with Crippen molar-refractivity contribution < 1.29 is 18.3 Å². The van der Waals surface area contributed by atoms with Crippen molar-refractivity contribution in [1.29, 1.82) is 0 Å². The zero-order valence-electron chi connectivity index (χ0n) is 9.32. The molecule has 1 aromatic heterocycles. The maximum Gasteiger partial charge on any atom is 0.414 e. The van der Waals surface area contributed by atoms with Crippen LogP contribution in [0, 0.1) is 0 Å². The third-order valence-corrected chi connectivity index (χ3v) is 3.14. The number of halogens is 3. The second-order valence-corrected chi connectivity index (χ2v) is 4.49. The molecule has 17 heavy (non-hydrogen) atoms. The van der Waals surface area contributed by atoms with Crippen molar-refractivity contribution >= 4 is 0 Å². The molecule has 3 nitrogen and oxygen atoms in total. The second-order valence-electron chi connectivity index (χ2n) is 4.49. The van der Waals surface area contributed by atoms with Crippen LogP contribution in [0.5, 0.6) is 0 Å². The van der Waals surface area contributed by atoms with Gasteiger partial charge in [-0.25, -0.2) is 0 Å². The van der Waals surface area contributed by atoms with E-state index in [2.05, 4.69) is 5.10 Å². The van der Waals surface area contributed by atoms with E-state index in [1.165, 1.54) is 0 Å². The summed E-state index contributed by atoms with van der Waals surface area (Å²) < 4.78 is 38.2. The first-order valence-electron chi connectivity index (χ1n) is 5.75. The highest BCUT2D eigenvalue weighted by molar-refractivity contribution is 5.02. The first-order chi connectivity index (χ1) is 7.97. The van der Waals surface area contributed by atoms with Crippen molar-refractivity contribution in [2.24, 2.45) is 0 Å². The molecule has 1 aliphatic carbocycles. The van der Waals surface area contributed by atoms with Crippen LogP contribution in [0.25, 0.3) is 0 Å². The molecule has 96 valence electrons. The van der Waals surface area contributed by atoms with E-state index in [1.807, 2.05) is 0 Å². The number of hydrogen-bond acceptors (Lipinski definition) is 2. The molecule has 0 radical (unpaired) electrons. The predicted octanol–water partition coefficient (Wildman–Crippen LogP) is 2.46. The monoisotopic (exact) mass is 248 g/mol. The average molecular weight is 248 g/mol. The van der Waals surface area contributed by atoms with Crippen molar-refractivity contribution in [2.45, 2.75) is 50.4 Å². The predicted molar refractivity (Wildman–Crippen MR) is 55.5 cm³/mol.